The zero-order valence-electron chi connectivity index (χ0n) is 7.50. The number of halogens is 1. The molecular formula is C10H12BrNO. The summed E-state index contributed by atoms with van der Waals surface area (Å²) in [6.45, 7) is 2.11. The van der Waals surface area contributed by atoms with Gasteiger partial charge in [-0.1, -0.05) is 13.3 Å². The van der Waals surface area contributed by atoms with Gasteiger partial charge in [0.15, 0.2) is 0 Å². The predicted molar refractivity (Wildman–Crippen MR) is 54.2 cm³/mol. The van der Waals surface area contributed by atoms with Gasteiger partial charge in [0.1, 0.15) is 0 Å². The number of rotatable bonds is 2. The van der Waals surface area contributed by atoms with Crippen LogP contribution in [-0.2, 0) is 5.60 Å². The number of aromatic nitrogens is 1. The SMILES string of the molecule is CCC1CC1(O)c1cncc(Br)c1. The molecule has 1 aliphatic rings. The molecule has 1 heterocycles. The second-order valence-corrected chi connectivity index (χ2v) is 4.54. The maximum atomic E-state index is 10.1. The van der Waals surface area contributed by atoms with Crippen molar-refractivity contribution in [2.45, 2.75) is 25.4 Å². The number of nitrogens with zero attached hydrogens (tertiary/aromatic N) is 1. The monoisotopic (exact) mass is 241 g/mol. The molecule has 2 nitrogen and oxygen atoms in total. The van der Waals surface area contributed by atoms with Gasteiger partial charge < -0.3 is 5.11 Å². The second kappa shape index (κ2) is 3.07. The maximum absolute atomic E-state index is 10.1. The summed E-state index contributed by atoms with van der Waals surface area (Å²) in [5, 5.41) is 10.1. The average Bonchev–Trinajstić information content (AvgIpc) is 2.79. The zero-order chi connectivity index (χ0) is 9.47. The Morgan fingerprint density at radius 3 is 3.00 bits per heavy atom. The molecule has 0 saturated heterocycles. The van der Waals surface area contributed by atoms with Crippen LogP contribution in [0.3, 0.4) is 0 Å². The highest BCUT2D eigenvalue weighted by Gasteiger charge is 2.52. The van der Waals surface area contributed by atoms with E-state index in [1.54, 1.807) is 12.4 Å². The molecule has 3 heteroatoms. The first kappa shape index (κ1) is 9.16. The molecule has 0 radical (unpaired) electrons. The smallest absolute Gasteiger partial charge is 0.0944 e. The van der Waals surface area contributed by atoms with E-state index in [1.807, 2.05) is 6.07 Å². The van der Waals surface area contributed by atoms with Crippen LogP contribution in [0.2, 0.25) is 0 Å². The first-order valence-corrected chi connectivity index (χ1v) is 5.29. The Bertz CT molecular complexity index is 328. The molecular weight excluding hydrogens is 230 g/mol. The van der Waals surface area contributed by atoms with Gasteiger partial charge in [0.05, 0.1) is 5.60 Å². The predicted octanol–water partition coefficient (Wildman–Crippen LogP) is 2.46. The van der Waals surface area contributed by atoms with E-state index in [0.717, 1.165) is 22.9 Å². The molecule has 1 N–H and O–H groups in total. The summed E-state index contributed by atoms with van der Waals surface area (Å²) >= 11 is 3.35. The number of aliphatic hydroxyl groups is 1. The quantitative estimate of drug-likeness (QED) is 0.864. The van der Waals surface area contributed by atoms with E-state index in [2.05, 4.69) is 27.8 Å². The molecule has 0 aromatic carbocycles. The topological polar surface area (TPSA) is 33.1 Å². The van der Waals surface area contributed by atoms with Gasteiger partial charge in [-0.3, -0.25) is 4.98 Å². The van der Waals surface area contributed by atoms with Crippen molar-refractivity contribution >= 4 is 15.9 Å². The van der Waals surface area contributed by atoms with Crippen molar-refractivity contribution in [2.24, 2.45) is 5.92 Å². The van der Waals surface area contributed by atoms with E-state index >= 15 is 0 Å². The van der Waals surface area contributed by atoms with Gasteiger partial charge in [0.25, 0.3) is 0 Å². The van der Waals surface area contributed by atoms with Crippen molar-refractivity contribution < 1.29 is 5.11 Å². The Hall–Kier alpha value is -0.410. The standard InChI is InChI=1S/C10H12BrNO/c1-2-7-4-10(7,13)8-3-9(11)6-12-5-8/h3,5-7,13H,2,4H2,1H3. The third-order valence-electron chi connectivity index (χ3n) is 2.77. The summed E-state index contributed by atoms with van der Waals surface area (Å²) < 4.78 is 0.931. The third kappa shape index (κ3) is 1.51. The average molecular weight is 242 g/mol. The van der Waals surface area contributed by atoms with E-state index in [0.29, 0.717) is 5.92 Å². The number of pyridine rings is 1. The van der Waals surface area contributed by atoms with E-state index in [1.165, 1.54) is 0 Å². The van der Waals surface area contributed by atoms with Crippen molar-refractivity contribution in [1.29, 1.82) is 0 Å². The molecule has 0 aliphatic heterocycles. The minimum absolute atomic E-state index is 0.420. The molecule has 0 bridgehead atoms. The number of hydrogen-bond donors (Lipinski definition) is 1. The van der Waals surface area contributed by atoms with Crippen LogP contribution in [0, 0.1) is 5.92 Å². The highest BCUT2D eigenvalue weighted by Crippen LogP contribution is 2.53. The molecule has 1 saturated carbocycles. The molecule has 0 amide bonds. The van der Waals surface area contributed by atoms with E-state index < -0.39 is 5.60 Å². The molecule has 2 unspecified atom stereocenters. The fraction of sp³-hybridized carbons (Fsp3) is 0.500. The van der Waals surface area contributed by atoms with E-state index in [4.69, 9.17) is 0 Å². The minimum Gasteiger partial charge on any atom is -0.385 e. The maximum Gasteiger partial charge on any atom is 0.0944 e. The van der Waals surface area contributed by atoms with E-state index in [9.17, 15) is 5.11 Å². The van der Waals surface area contributed by atoms with Crippen LogP contribution in [0.25, 0.3) is 0 Å². The molecule has 1 aromatic heterocycles. The van der Waals surface area contributed by atoms with Gasteiger partial charge >= 0.3 is 0 Å². The fourth-order valence-electron chi connectivity index (χ4n) is 1.80. The molecule has 1 fully saturated rings. The van der Waals surface area contributed by atoms with Gasteiger partial charge in [-0.25, -0.2) is 0 Å². The van der Waals surface area contributed by atoms with Crippen LogP contribution >= 0.6 is 15.9 Å². The van der Waals surface area contributed by atoms with Crippen molar-refractivity contribution in [1.82, 2.24) is 4.98 Å². The summed E-state index contributed by atoms with van der Waals surface area (Å²) in [6, 6.07) is 1.95. The van der Waals surface area contributed by atoms with Crippen molar-refractivity contribution in [3.8, 4) is 0 Å². The lowest BCUT2D eigenvalue weighted by Crippen LogP contribution is -2.08. The minimum atomic E-state index is -0.592. The molecule has 2 atom stereocenters. The van der Waals surface area contributed by atoms with Crippen LogP contribution in [-0.4, -0.2) is 10.1 Å². The summed E-state index contributed by atoms with van der Waals surface area (Å²) in [4.78, 5) is 4.05. The normalized spacial score (nSPS) is 31.8. The van der Waals surface area contributed by atoms with Crippen LogP contribution < -0.4 is 0 Å². The second-order valence-electron chi connectivity index (χ2n) is 3.63. The van der Waals surface area contributed by atoms with Crippen LogP contribution in [0.4, 0.5) is 0 Å². The Kier molecular flexibility index (Phi) is 2.16. The molecule has 0 spiro atoms. The van der Waals surface area contributed by atoms with Crippen molar-refractivity contribution in [3.63, 3.8) is 0 Å². The van der Waals surface area contributed by atoms with Gasteiger partial charge in [-0.05, 0) is 34.3 Å². The van der Waals surface area contributed by atoms with E-state index in [-0.39, 0.29) is 0 Å². The summed E-state index contributed by atoms with van der Waals surface area (Å²) in [5.74, 6) is 0.420. The molecule has 2 rings (SSSR count). The van der Waals surface area contributed by atoms with Crippen LogP contribution in [0.1, 0.15) is 25.3 Å². The summed E-state index contributed by atoms with van der Waals surface area (Å²) in [5.41, 5.74) is 0.347. The Labute approximate surface area is 86.1 Å². The first-order valence-electron chi connectivity index (χ1n) is 4.50. The lowest BCUT2D eigenvalue weighted by Gasteiger charge is -2.09. The largest absolute Gasteiger partial charge is 0.385 e. The molecule has 1 aliphatic carbocycles. The van der Waals surface area contributed by atoms with Crippen LogP contribution in [0.15, 0.2) is 22.9 Å². The highest BCUT2D eigenvalue weighted by atomic mass is 79.9. The molecule has 1 aromatic rings. The zero-order valence-corrected chi connectivity index (χ0v) is 9.08. The Morgan fingerprint density at radius 2 is 2.46 bits per heavy atom. The first-order chi connectivity index (χ1) is 6.16. The highest BCUT2D eigenvalue weighted by molar-refractivity contribution is 9.10. The fourth-order valence-corrected chi connectivity index (χ4v) is 2.17. The van der Waals surface area contributed by atoms with Gasteiger partial charge in [-0.2, -0.15) is 0 Å². The van der Waals surface area contributed by atoms with Gasteiger partial charge in [0.2, 0.25) is 0 Å². The summed E-state index contributed by atoms with van der Waals surface area (Å²) in [6.07, 6.45) is 5.39. The Balaban J connectivity index is 2.27. The number of hydrogen-bond acceptors (Lipinski definition) is 2. The lowest BCUT2D eigenvalue weighted by atomic mass is 10.1. The molecule has 70 valence electrons. The van der Waals surface area contributed by atoms with Crippen LogP contribution in [0.5, 0.6) is 0 Å². The lowest BCUT2D eigenvalue weighted by molar-refractivity contribution is 0.130. The van der Waals surface area contributed by atoms with Gasteiger partial charge in [0, 0.05) is 22.4 Å². The van der Waals surface area contributed by atoms with Gasteiger partial charge in [-0.15, -0.1) is 0 Å². The summed E-state index contributed by atoms with van der Waals surface area (Å²) in [7, 11) is 0. The Morgan fingerprint density at radius 1 is 1.69 bits per heavy atom. The molecule has 13 heavy (non-hydrogen) atoms. The van der Waals surface area contributed by atoms with Crippen molar-refractivity contribution in [3.05, 3.63) is 28.5 Å². The third-order valence-corrected chi connectivity index (χ3v) is 3.20. The van der Waals surface area contributed by atoms with Crippen molar-refractivity contribution in [2.75, 3.05) is 0 Å².